The molecule has 2 aromatic carbocycles. The van der Waals surface area contributed by atoms with E-state index in [4.69, 9.17) is 9.47 Å². The Morgan fingerprint density at radius 3 is 2.06 bits per heavy atom. The molecule has 8 nitrogen and oxygen atoms in total. The molecular formula is C24H28N2O6S. The van der Waals surface area contributed by atoms with Crippen molar-refractivity contribution in [1.82, 2.24) is 4.90 Å². The second kappa shape index (κ2) is 9.05. The summed E-state index contributed by atoms with van der Waals surface area (Å²) in [4.78, 5) is 27.0. The Labute approximate surface area is 193 Å². The van der Waals surface area contributed by atoms with Crippen LogP contribution in [0.3, 0.4) is 0 Å². The van der Waals surface area contributed by atoms with Crippen molar-refractivity contribution in [2.45, 2.75) is 44.0 Å². The summed E-state index contributed by atoms with van der Waals surface area (Å²) in [6.07, 6.45) is 3.41. The van der Waals surface area contributed by atoms with Crippen molar-refractivity contribution in [3.8, 4) is 11.5 Å². The molecule has 4 rings (SSSR count). The third-order valence-corrected chi connectivity index (χ3v) is 7.94. The SMILES string of the molecule is COc1cc(NS(=O)(=O)c2cc(CN3C(=O)[C@H]4CCCC[C@H]4C3=O)ccc2C)cc(OC)c1. The first-order valence-electron chi connectivity index (χ1n) is 10.9. The monoisotopic (exact) mass is 472 g/mol. The molecule has 2 atom stereocenters. The van der Waals surface area contributed by atoms with E-state index < -0.39 is 10.0 Å². The third-order valence-electron chi connectivity index (χ3n) is 6.42. The van der Waals surface area contributed by atoms with Gasteiger partial charge < -0.3 is 9.47 Å². The minimum absolute atomic E-state index is 0.0699. The number of imide groups is 1. The molecule has 2 amide bonds. The van der Waals surface area contributed by atoms with E-state index >= 15 is 0 Å². The first-order valence-corrected chi connectivity index (χ1v) is 12.4. The molecule has 0 unspecified atom stereocenters. The number of likely N-dealkylation sites (tertiary alicyclic amines) is 1. The lowest BCUT2D eigenvalue weighted by Gasteiger charge is -2.19. The summed E-state index contributed by atoms with van der Waals surface area (Å²) in [6, 6.07) is 9.73. The molecule has 1 heterocycles. The normalized spacial score (nSPS) is 20.5. The second-order valence-corrected chi connectivity index (χ2v) is 10.2. The fraction of sp³-hybridized carbons (Fsp3) is 0.417. The van der Waals surface area contributed by atoms with Crippen molar-refractivity contribution in [2.24, 2.45) is 11.8 Å². The van der Waals surface area contributed by atoms with E-state index in [0.717, 1.165) is 25.7 Å². The number of carbonyl (C=O) groups is 2. The zero-order chi connectivity index (χ0) is 23.8. The number of sulfonamides is 1. The van der Waals surface area contributed by atoms with Crippen LogP contribution in [0, 0.1) is 18.8 Å². The van der Waals surface area contributed by atoms with Crippen LogP contribution in [0.2, 0.25) is 0 Å². The maximum atomic E-state index is 13.2. The van der Waals surface area contributed by atoms with Gasteiger partial charge in [0.2, 0.25) is 11.8 Å². The molecule has 1 N–H and O–H groups in total. The van der Waals surface area contributed by atoms with E-state index in [0.29, 0.717) is 28.3 Å². The highest BCUT2D eigenvalue weighted by molar-refractivity contribution is 7.92. The molecule has 0 radical (unpaired) electrons. The first-order chi connectivity index (χ1) is 15.7. The van der Waals surface area contributed by atoms with E-state index in [9.17, 15) is 18.0 Å². The van der Waals surface area contributed by atoms with Crippen LogP contribution >= 0.6 is 0 Å². The molecule has 1 aliphatic heterocycles. The Balaban J connectivity index is 1.59. The van der Waals surface area contributed by atoms with Gasteiger partial charge in [-0.2, -0.15) is 0 Å². The minimum atomic E-state index is -3.95. The average molecular weight is 473 g/mol. The van der Waals surface area contributed by atoms with Crippen molar-refractivity contribution in [2.75, 3.05) is 18.9 Å². The molecule has 176 valence electrons. The number of hydrogen-bond acceptors (Lipinski definition) is 6. The fourth-order valence-electron chi connectivity index (χ4n) is 4.68. The number of amides is 2. The number of ether oxygens (including phenoxy) is 2. The second-order valence-electron chi connectivity index (χ2n) is 8.57. The van der Waals surface area contributed by atoms with Crippen LogP contribution in [0.25, 0.3) is 0 Å². The van der Waals surface area contributed by atoms with Gasteiger partial charge in [0.15, 0.2) is 0 Å². The highest BCUT2D eigenvalue weighted by atomic mass is 32.2. The highest BCUT2D eigenvalue weighted by Gasteiger charge is 2.47. The molecule has 2 aromatic rings. The topological polar surface area (TPSA) is 102 Å². The zero-order valence-electron chi connectivity index (χ0n) is 19.0. The van der Waals surface area contributed by atoms with Gasteiger partial charge in [0.1, 0.15) is 11.5 Å². The fourth-order valence-corrected chi connectivity index (χ4v) is 6.01. The lowest BCUT2D eigenvalue weighted by Crippen LogP contribution is -2.30. The molecule has 0 aromatic heterocycles. The van der Waals surface area contributed by atoms with Gasteiger partial charge in [0.25, 0.3) is 10.0 Å². The van der Waals surface area contributed by atoms with Gasteiger partial charge in [0.05, 0.1) is 43.2 Å². The zero-order valence-corrected chi connectivity index (χ0v) is 19.8. The number of fused-ring (bicyclic) bond motifs is 1. The van der Waals surface area contributed by atoms with Gasteiger partial charge in [-0.15, -0.1) is 0 Å². The van der Waals surface area contributed by atoms with Crippen molar-refractivity contribution in [3.63, 3.8) is 0 Å². The highest BCUT2D eigenvalue weighted by Crippen LogP contribution is 2.38. The number of nitrogens with one attached hydrogen (secondary N) is 1. The largest absolute Gasteiger partial charge is 0.497 e. The molecule has 9 heteroatoms. The van der Waals surface area contributed by atoms with Crippen molar-refractivity contribution < 1.29 is 27.5 Å². The number of carbonyl (C=O) groups excluding carboxylic acids is 2. The number of aryl methyl sites for hydroxylation is 1. The van der Waals surface area contributed by atoms with E-state index in [1.807, 2.05) is 0 Å². The number of hydrogen-bond donors (Lipinski definition) is 1. The smallest absolute Gasteiger partial charge is 0.262 e. The predicted molar refractivity (Wildman–Crippen MR) is 123 cm³/mol. The Bertz CT molecular complexity index is 1150. The standard InChI is InChI=1S/C24H28N2O6S/c1-15-8-9-16(14-26-23(27)20-6-4-5-7-21(20)24(26)28)10-22(15)33(29,30)25-17-11-18(31-2)13-19(12-17)32-3/h8-13,20-21,25H,4-7,14H2,1-3H3/t20-,21+. The number of anilines is 1. The molecule has 1 saturated carbocycles. The number of nitrogens with zero attached hydrogens (tertiary/aromatic N) is 1. The predicted octanol–water partition coefficient (Wildman–Crippen LogP) is 3.49. The molecule has 1 aliphatic carbocycles. The van der Waals surface area contributed by atoms with E-state index in [2.05, 4.69) is 4.72 Å². The van der Waals surface area contributed by atoms with E-state index in [-0.39, 0.29) is 35.1 Å². The first kappa shape index (κ1) is 23.1. The minimum Gasteiger partial charge on any atom is -0.497 e. The molecule has 33 heavy (non-hydrogen) atoms. The van der Waals surface area contributed by atoms with Crippen molar-refractivity contribution in [3.05, 3.63) is 47.5 Å². The van der Waals surface area contributed by atoms with E-state index in [1.54, 1.807) is 37.3 Å². The Hall–Kier alpha value is -3.07. The lowest BCUT2D eigenvalue weighted by atomic mass is 9.81. The summed E-state index contributed by atoms with van der Waals surface area (Å²) >= 11 is 0. The van der Waals surface area contributed by atoms with Gasteiger partial charge in [-0.3, -0.25) is 19.2 Å². The number of methoxy groups -OCH3 is 2. The van der Waals surface area contributed by atoms with Crippen LogP contribution in [0.1, 0.15) is 36.8 Å². The Morgan fingerprint density at radius 1 is 0.939 bits per heavy atom. The molecular weight excluding hydrogens is 444 g/mol. The van der Waals surface area contributed by atoms with E-state index in [1.165, 1.54) is 25.2 Å². The van der Waals surface area contributed by atoms with Crippen LogP contribution in [0.4, 0.5) is 5.69 Å². The quantitative estimate of drug-likeness (QED) is 0.619. The maximum Gasteiger partial charge on any atom is 0.262 e. The molecule has 2 aliphatic rings. The van der Waals surface area contributed by atoms with Gasteiger partial charge in [-0.05, 0) is 37.0 Å². The van der Waals surface area contributed by atoms with Crippen molar-refractivity contribution >= 4 is 27.5 Å². The maximum absolute atomic E-state index is 13.2. The Kier molecular flexibility index (Phi) is 6.34. The summed E-state index contributed by atoms with van der Waals surface area (Å²) in [5, 5.41) is 0. The summed E-state index contributed by atoms with van der Waals surface area (Å²) in [7, 11) is -0.980. The van der Waals surface area contributed by atoms with Crippen molar-refractivity contribution in [1.29, 1.82) is 0 Å². The number of benzene rings is 2. The van der Waals surface area contributed by atoms with Gasteiger partial charge in [-0.25, -0.2) is 8.42 Å². The van der Waals surface area contributed by atoms with Crippen LogP contribution in [-0.2, 0) is 26.2 Å². The summed E-state index contributed by atoms with van der Waals surface area (Å²) in [5.74, 6) is 0.150. The Morgan fingerprint density at radius 2 is 1.52 bits per heavy atom. The van der Waals surface area contributed by atoms with Gasteiger partial charge in [-0.1, -0.05) is 25.0 Å². The van der Waals surface area contributed by atoms with Gasteiger partial charge >= 0.3 is 0 Å². The summed E-state index contributed by atoms with van der Waals surface area (Å²) < 4.78 is 39.4. The summed E-state index contributed by atoms with van der Waals surface area (Å²) in [6.45, 7) is 1.77. The number of rotatable bonds is 7. The van der Waals surface area contributed by atoms with Gasteiger partial charge in [0, 0.05) is 18.2 Å². The average Bonchev–Trinajstić information content (AvgIpc) is 3.04. The molecule has 1 saturated heterocycles. The van der Waals surface area contributed by atoms with Crippen LogP contribution in [-0.4, -0.2) is 39.4 Å². The molecule has 0 spiro atoms. The molecule has 2 fully saturated rings. The summed E-state index contributed by atoms with van der Waals surface area (Å²) in [5.41, 5.74) is 1.43. The molecule has 0 bridgehead atoms. The lowest BCUT2D eigenvalue weighted by molar-refractivity contribution is -0.140. The van der Waals surface area contributed by atoms with Crippen LogP contribution in [0.15, 0.2) is 41.3 Å². The third kappa shape index (κ3) is 4.55. The van der Waals surface area contributed by atoms with Crippen LogP contribution < -0.4 is 14.2 Å². The van der Waals surface area contributed by atoms with Crippen LogP contribution in [0.5, 0.6) is 11.5 Å².